The fraction of sp³-hybridized carbons (Fsp3) is 0.294. The van der Waals surface area contributed by atoms with Crippen LogP contribution in [0.25, 0.3) is 0 Å². The fourth-order valence-electron chi connectivity index (χ4n) is 2.92. The fourth-order valence-corrected chi connectivity index (χ4v) is 4.15. The maximum atomic E-state index is 12.7. The molecule has 0 saturated carbocycles. The van der Waals surface area contributed by atoms with Crippen molar-refractivity contribution in [1.29, 1.82) is 0 Å². The lowest BCUT2D eigenvalue weighted by atomic mass is 10.2. The predicted molar refractivity (Wildman–Crippen MR) is 101 cm³/mol. The van der Waals surface area contributed by atoms with E-state index in [1.165, 1.54) is 29.0 Å². The van der Waals surface area contributed by atoms with Crippen LogP contribution in [-0.4, -0.2) is 27.2 Å². The number of fused-ring (bicyclic) bond motifs is 1. The second-order valence-electron chi connectivity index (χ2n) is 6.59. The highest BCUT2D eigenvalue weighted by Crippen LogP contribution is 2.55. The number of hydrogen-bond acceptors (Lipinski definition) is 9. The van der Waals surface area contributed by atoms with Gasteiger partial charge in [-0.3, -0.25) is 33.5 Å². The molecule has 0 radical (unpaired) electrons. The number of phosphoric acid groups is 1. The Morgan fingerprint density at radius 1 is 1.37 bits per heavy atom. The van der Waals surface area contributed by atoms with Gasteiger partial charge in [0.25, 0.3) is 11.2 Å². The second-order valence-corrected chi connectivity index (χ2v) is 8.18. The van der Waals surface area contributed by atoms with E-state index in [1.54, 1.807) is 19.1 Å². The number of hydrogen-bond donors (Lipinski definition) is 1. The summed E-state index contributed by atoms with van der Waals surface area (Å²) in [5, 5.41) is 10.8. The number of non-ortho nitro benzene ring substituents is 1. The van der Waals surface area contributed by atoms with Gasteiger partial charge >= 0.3 is 13.5 Å². The van der Waals surface area contributed by atoms with Crippen LogP contribution >= 0.6 is 7.82 Å². The zero-order valence-electron chi connectivity index (χ0n) is 15.5. The first kappa shape index (κ1) is 20.2. The first-order chi connectivity index (χ1) is 14.2. The quantitative estimate of drug-likeness (QED) is 0.320. The Morgan fingerprint density at radius 2 is 2.17 bits per heavy atom. The topological polar surface area (TPSA) is 152 Å². The number of aromatic nitrogens is 2. The Kier molecular flexibility index (Phi) is 5.16. The standard InChI is InChI=1S/C17H16N3O9P/c1-10-7-19(17(22)18-16(10)21)15-5-3-13(28-15)9-27-30(25)26-8-11-6-12(20(23)24)2-4-14(11)29-30/h2-7,13,15H,8-9H2,1H3,(H,18,21,22)/t13-,15+,30?/m0/s1. The molecule has 0 saturated heterocycles. The van der Waals surface area contributed by atoms with Gasteiger partial charge < -0.3 is 9.26 Å². The predicted octanol–water partition coefficient (Wildman–Crippen LogP) is 1.94. The molecule has 30 heavy (non-hydrogen) atoms. The molecule has 0 aliphatic carbocycles. The number of aryl methyl sites for hydroxylation is 1. The van der Waals surface area contributed by atoms with Crippen molar-refractivity contribution in [3.8, 4) is 5.75 Å². The van der Waals surface area contributed by atoms with Gasteiger partial charge in [-0.15, -0.1) is 0 Å². The molecule has 1 N–H and O–H groups in total. The van der Waals surface area contributed by atoms with Gasteiger partial charge in [-0.05, 0) is 19.1 Å². The van der Waals surface area contributed by atoms with E-state index in [0.717, 1.165) is 0 Å². The summed E-state index contributed by atoms with van der Waals surface area (Å²) in [5.74, 6) is 0.172. The first-order valence-electron chi connectivity index (χ1n) is 8.76. The SMILES string of the molecule is Cc1cn([C@H]2C=C[C@@H](COP3(=O)OCc4cc([N+](=O)[O-])ccc4O3)O2)c(=O)[nH]c1=O. The van der Waals surface area contributed by atoms with E-state index in [4.69, 9.17) is 18.3 Å². The summed E-state index contributed by atoms with van der Waals surface area (Å²) in [7, 11) is -3.95. The molecule has 1 aromatic heterocycles. The molecule has 2 aliphatic heterocycles. The molecule has 13 heteroatoms. The minimum absolute atomic E-state index is 0.137. The van der Waals surface area contributed by atoms with Crippen LogP contribution in [0.4, 0.5) is 5.69 Å². The number of nitrogens with one attached hydrogen (secondary N) is 1. The Bertz CT molecular complexity index is 1200. The number of ether oxygens (including phenoxy) is 1. The molecule has 3 heterocycles. The van der Waals surface area contributed by atoms with Crippen molar-refractivity contribution in [3.63, 3.8) is 0 Å². The molecule has 158 valence electrons. The molecule has 2 aliphatic rings. The smallest absolute Gasteiger partial charge is 0.404 e. The molecular formula is C17H16N3O9P. The van der Waals surface area contributed by atoms with Gasteiger partial charge in [0.2, 0.25) is 0 Å². The van der Waals surface area contributed by atoms with E-state index in [9.17, 15) is 24.3 Å². The van der Waals surface area contributed by atoms with Crippen LogP contribution in [0.2, 0.25) is 0 Å². The largest absolute Gasteiger partial charge is 0.530 e. The van der Waals surface area contributed by atoms with Crippen molar-refractivity contribution >= 4 is 13.5 Å². The lowest BCUT2D eigenvalue weighted by molar-refractivity contribution is -0.385. The molecule has 0 bridgehead atoms. The zero-order chi connectivity index (χ0) is 21.5. The van der Waals surface area contributed by atoms with Crippen LogP contribution in [0.3, 0.4) is 0 Å². The van der Waals surface area contributed by atoms with Crippen LogP contribution < -0.4 is 15.8 Å². The lowest BCUT2D eigenvalue weighted by Gasteiger charge is -2.25. The van der Waals surface area contributed by atoms with E-state index in [-0.39, 0.29) is 24.7 Å². The third-order valence-corrected chi connectivity index (χ3v) is 5.80. The number of benzene rings is 1. The summed E-state index contributed by atoms with van der Waals surface area (Å²) in [4.78, 5) is 35.9. The molecule has 0 spiro atoms. The summed E-state index contributed by atoms with van der Waals surface area (Å²) in [6, 6.07) is 3.83. The van der Waals surface area contributed by atoms with Crippen LogP contribution in [0.1, 0.15) is 17.4 Å². The van der Waals surface area contributed by atoms with Gasteiger partial charge in [-0.25, -0.2) is 9.36 Å². The minimum atomic E-state index is -3.95. The Morgan fingerprint density at radius 3 is 2.93 bits per heavy atom. The van der Waals surface area contributed by atoms with E-state index in [0.29, 0.717) is 11.1 Å². The van der Waals surface area contributed by atoms with Crippen LogP contribution in [0.15, 0.2) is 46.1 Å². The maximum absolute atomic E-state index is 12.7. The Labute approximate surface area is 168 Å². The van der Waals surface area contributed by atoms with Crippen LogP contribution in [0.5, 0.6) is 5.75 Å². The molecule has 1 unspecified atom stereocenters. The summed E-state index contributed by atoms with van der Waals surface area (Å²) in [6.07, 6.45) is 3.18. The van der Waals surface area contributed by atoms with Crippen molar-refractivity contribution in [3.05, 3.63) is 78.6 Å². The van der Waals surface area contributed by atoms with E-state index in [1.807, 2.05) is 0 Å². The van der Waals surface area contributed by atoms with Gasteiger partial charge in [0.15, 0.2) is 6.23 Å². The number of aromatic amines is 1. The Balaban J connectivity index is 1.39. The monoisotopic (exact) mass is 437 g/mol. The van der Waals surface area contributed by atoms with E-state index in [2.05, 4.69) is 4.98 Å². The van der Waals surface area contributed by atoms with Gasteiger partial charge in [0.05, 0.1) is 18.1 Å². The van der Waals surface area contributed by atoms with E-state index >= 15 is 0 Å². The highest BCUT2D eigenvalue weighted by atomic mass is 31.2. The van der Waals surface area contributed by atoms with Crippen molar-refractivity contribution in [2.75, 3.05) is 6.61 Å². The van der Waals surface area contributed by atoms with Crippen molar-refractivity contribution < 1.29 is 27.8 Å². The average Bonchev–Trinajstić information content (AvgIpc) is 3.17. The molecule has 0 amide bonds. The zero-order valence-corrected chi connectivity index (χ0v) is 16.4. The number of nitro groups is 1. The number of H-pyrrole nitrogens is 1. The number of phosphoric ester groups is 1. The van der Waals surface area contributed by atoms with Crippen molar-refractivity contribution in [2.24, 2.45) is 0 Å². The molecule has 1 aromatic carbocycles. The number of nitro benzene ring substituents is 1. The number of rotatable bonds is 5. The molecule has 0 fully saturated rings. The third kappa shape index (κ3) is 3.98. The van der Waals surface area contributed by atoms with Gasteiger partial charge in [0.1, 0.15) is 11.9 Å². The van der Waals surface area contributed by atoms with Crippen molar-refractivity contribution in [1.82, 2.24) is 9.55 Å². The summed E-state index contributed by atoms with van der Waals surface area (Å²) in [5.41, 5.74) is -0.516. The lowest BCUT2D eigenvalue weighted by Crippen LogP contribution is -2.33. The van der Waals surface area contributed by atoms with Crippen LogP contribution in [0, 0.1) is 17.0 Å². The highest BCUT2D eigenvalue weighted by molar-refractivity contribution is 7.49. The minimum Gasteiger partial charge on any atom is -0.404 e. The first-order valence-corrected chi connectivity index (χ1v) is 10.2. The van der Waals surface area contributed by atoms with E-state index < -0.39 is 36.3 Å². The molecule has 4 rings (SSSR count). The summed E-state index contributed by atoms with van der Waals surface area (Å²) in [6.45, 7) is 1.19. The number of nitrogens with zero attached hydrogens (tertiary/aromatic N) is 2. The summed E-state index contributed by atoms with van der Waals surface area (Å²) < 4.78 is 35.3. The van der Waals surface area contributed by atoms with Gasteiger partial charge in [0, 0.05) is 29.5 Å². The molecule has 12 nitrogen and oxygen atoms in total. The van der Waals surface area contributed by atoms with Gasteiger partial charge in [-0.2, -0.15) is 0 Å². The second kappa shape index (κ2) is 7.65. The Hall–Kier alpha value is -3.05. The van der Waals surface area contributed by atoms with Gasteiger partial charge in [-0.1, -0.05) is 6.08 Å². The van der Waals surface area contributed by atoms with Crippen molar-refractivity contribution in [2.45, 2.75) is 25.9 Å². The summed E-state index contributed by atoms with van der Waals surface area (Å²) >= 11 is 0. The maximum Gasteiger partial charge on any atom is 0.530 e. The normalized spacial score (nSPS) is 25.0. The van der Waals surface area contributed by atoms with Crippen LogP contribution in [-0.2, 0) is 25.0 Å². The molecule has 2 aromatic rings. The average molecular weight is 437 g/mol. The third-order valence-electron chi connectivity index (χ3n) is 4.46. The molecular weight excluding hydrogens is 421 g/mol. The highest BCUT2D eigenvalue weighted by Gasteiger charge is 2.36. The molecule has 3 atom stereocenters.